The van der Waals surface area contributed by atoms with Gasteiger partial charge in [0, 0.05) is 23.3 Å². The van der Waals surface area contributed by atoms with Gasteiger partial charge in [0.25, 0.3) is 5.88 Å². The SMILES string of the molecule is Cc1ccc2ncc(F)c(CCC34CCC(NCc5ccc6c(n5)OCCO6)(CC3)CO4)c2n1. The molecular formula is C26H29FN4O3. The third-order valence-electron chi connectivity index (χ3n) is 7.62. The lowest BCUT2D eigenvalue weighted by Crippen LogP contribution is -2.61. The van der Waals surface area contributed by atoms with Crippen molar-refractivity contribution in [3.8, 4) is 11.6 Å². The molecule has 6 heterocycles. The summed E-state index contributed by atoms with van der Waals surface area (Å²) in [5.74, 6) is 1.00. The highest BCUT2D eigenvalue weighted by Crippen LogP contribution is 2.46. The number of hydrogen-bond acceptors (Lipinski definition) is 7. The summed E-state index contributed by atoms with van der Waals surface area (Å²) in [6, 6.07) is 7.73. The molecule has 0 aromatic carbocycles. The Bertz CT molecular complexity index is 1200. The number of hydrogen-bond donors (Lipinski definition) is 1. The van der Waals surface area contributed by atoms with E-state index in [1.807, 2.05) is 31.2 Å². The normalized spacial score (nSPS) is 25.6. The van der Waals surface area contributed by atoms with Crippen LogP contribution in [0.1, 0.15) is 49.1 Å². The molecule has 3 aromatic heterocycles. The molecule has 3 fully saturated rings. The van der Waals surface area contributed by atoms with E-state index in [0.29, 0.717) is 55.5 Å². The Balaban J connectivity index is 1.10. The summed E-state index contributed by atoms with van der Waals surface area (Å²) in [5.41, 5.74) is 3.64. The van der Waals surface area contributed by atoms with Crippen molar-refractivity contribution in [2.75, 3.05) is 19.8 Å². The summed E-state index contributed by atoms with van der Waals surface area (Å²) in [5, 5.41) is 3.71. The average Bonchev–Trinajstić information content (AvgIpc) is 2.88. The van der Waals surface area contributed by atoms with Crippen LogP contribution in [-0.4, -0.2) is 45.9 Å². The van der Waals surface area contributed by atoms with Crippen molar-refractivity contribution in [3.63, 3.8) is 0 Å². The Kier molecular flexibility index (Phi) is 5.37. The molecule has 3 aromatic rings. The van der Waals surface area contributed by atoms with Crippen molar-refractivity contribution in [3.05, 3.63) is 53.2 Å². The minimum Gasteiger partial charge on any atom is -0.484 e. The van der Waals surface area contributed by atoms with Gasteiger partial charge in [0.1, 0.15) is 19.0 Å². The molecule has 3 aliphatic heterocycles. The average molecular weight is 465 g/mol. The molecule has 8 heteroatoms. The number of aromatic nitrogens is 3. The maximum absolute atomic E-state index is 14.7. The molecule has 7 nitrogen and oxygen atoms in total. The summed E-state index contributed by atoms with van der Waals surface area (Å²) >= 11 is 0. The van der Waals surface area contributed by atoms with E-state index in [4.69, 9.17) is 14.2 Å². The van der Waals surface area contributed by atoms with Gasteiger partial charge in [-0.05, 0) is 69.7 Å². The van der Waals surface area contributed by atoms with E-state index in [1.54, 1.807) is 0 Å². The second-order valence-electron chi connectivity index (χ2n) is 9.81. The van der Waals surface area contributed by atoms with Gasteiger partial charge < -0.3 is 19.5 Å². The van der Waals surface area contributed by atoms with Gasteiger partial charge in [0.05, 0.1) is 35.1 Å². The lowest BCUT2D eigenvalue weighted by Gasteiger charge is -2.53. The van der Waals surface area contributed by atoms with Gasteiger partial charge in [-0.15, -0.1) is 0 Å². The van der Waals surface area contributed by atoms with Crippen molar-refractivity contribution in [1.82, 2.24) is 20.3 Å². The molecule has 7 rings (SSSR count). The van der Waals surface area contributed by atoms with Crippen molar-refractivity contribution >= 4 is 11.0 Å². The number of pyridine rings is 3. The van der Waals surface area contributed by atoms with Gasteiger partial charge >= 0.3 is 0 Å². The van der Waals surface area contributed by atoms with Crippen LogP contribution in [0, 0.1) is 12.7 Å². The van der Waals surface area contributed by atoms with Crippen LogP contribution >= 0.6 is 0 Å². The smallest absolute Gasteiger partial charge is 0.257 e. The minimum atomic E-state index is -0.281. The molecule has 4 aliphatic rings. The van der Waals surface area contributed by atoms with Gasteiger partial charge in [-0.3, -0.25) is 9.97 Å². The molecule has 0 spiro atoms. The van der Waals surface area contributed by atoms with Crippen LogP contribution in [0.4, 0.5) is 4.39 Å². The van der Waals surface area contributed by atoms with Crippen LogP contribution in [0.25, 0.3) is 11.0 Å². The van der Waals surface area contributed by atoms with E-state index in [2.05, 4.69) is 20.3 Å². The standard InChI is InChI=1S/C26H29FN4O3/c1-17-2-4-21-23(30-17)19(20(27)15-28-21)6-7-26-10-8-25(9-11-26,16-34-26)29-14-18-3-5-22-24(31-18)33-13-12-32-22/h2-5,15,29H,6-14,16H2,1H3. The predicted octanol–water partition coefficient (Wildman–Crippen LogP) is 4.05. The summed E-state index contributed by atoms with van der Waals surface area (Å²) < 4.78 is 32.3. The number of ether oxygens (including phenoxy) is 3. The first kappa shape index (κ1) is 21.7. The van der Waals surface area contributed by atoms with Gasteiger partial charge in [0.2, 0.25) is 0 Å². The zero-order chi connectivity index (χ0) is 23.2. The van der Waals surface area contributed by atoms with E-state index in [1.165, 1.54) is 6.20 Å². The second-order valence-corrected chi connectivity index (χ2v) is 9.81. The number of aryl methyl sites for hydroxylation is 2. The zero-order valence-corrected chi connectivity index (χ0v) is 19.4. The summed E-state index contributed by atoms with van der Waals surface area (Å²) in [6.07, 6.45) is 6.71. The molecule has 0 atom stereocenters. The van der Waals surface area contributed by atoms with Crippen molar-refractivity contribution in [2.24, 2.45) is 0 Å². The third-order valence-corrected chi connectivity index (χ3v) is 7.62. The molecule has 178 valence electrons. The summed E-state index contributed by atoms with van der Waals surface area (Å²) in [6.45, 7) is 4.34. The quantitative estimate of drug-likeness (QED) is 0.590. The number of fused-ring (bicyclic) bond motifs is 5. The highest BCUT2D eigenvalue weighted by atomic mass is 19.1. The van der Waals surface area contributed by atoms with Crippen LogP contribution in [0.2, 0.25) is 0 Å². The molecule has 0 radical (unpaired) electrons. The largest absolute Gasteiger partial charge is 0.484 e. The molecule has 2 saturated heterocycles. The molecule has 1 aliphatic carbocycles. The second kappa shape index (κ2) is 8.43. The Morgan fingerprint density at radius 2 is 1.88 bits per heavy atom. The topological polar surface area (TPSA) is 78.4 Å². The lowest BCUT2D eigenvalue weighted by atomic mass is 9.69. The zero-order valence-electron chi connectivity index (χ0n) is 19.4. The Morgan fingerprint density at radius 3 is 2.71 bits per heavy atom. The molecule has 1 saturated carbocycles. The van der Waals surface area contributed by atoms with Gasteiger partial charge in [-0.1, -0.05) is 0 Å². The van der Waals surface area contributed by atoms with E-state index in [-0.39, 0.29) is 17.0 Å². The number of nitrogens with one attached hydrogen (secondary N) is 1. The number of nitrogens with zero attached hydrogens (tertiary/aromatic N) is 3. The predicted molar refractivity (Wildman–Crippen MR) is 125 cm³/mol. The van der Waals surface area contributed by atoms with E-state index >= 15 is 0 Å². The first-order valence-electron chi connectivity index (χ1n) is 12.1. The van der Waals surface area contributed by atoms with Crippen LogP contribution in [0.15, 0.2) is 30.5 Å². The Hall–Kier alpha value is -2.84. The summed E-state index contributed by atoms with van der Waals surface area (Å²) in [4.78, 5) is 13.4. The Labute approximate surface area is 198 Å². The minimum absolute atomic E-state index is 0.0377. The molecule has 2 bridgehead atoms. The lowest BCUT2D eigenvalue weighted by molar-refractivity contribution is -0.165. The molecule has 0 amide bonds. The van der Waals surface area contributed by atoms with Gasteiger partial charge in [-0.2, -0.15) is 0 Å². The molecular weight excluding hydrogens is 435 g/mol. The van der Waals surface area contributed by atoms with Crippen LogP contribution < -0.4 is 14.8 Å². The monoisotopic (exact) mass is 464 g/mol. The highest BCUT2D eigenvalue weighted by molar-refractivity contribution is 5.77. The van der Waals surface area contributed by atoms with Crippen LogP contribution in [0.3, 0.4) is 0 Å². The summed E-state index contributed by atoms with van der Waals surface area (Å²) in [7, 11) is 0. The Morgan fingerprint density at radius 1 is 1.03 bits per heavy atom. The number of rotatable bonds is 6. The first-order valence-corrected chi connectivity index (χ1v) is 12.1. The van der Waals surface area contributed by atoms with E-state index in [0.717, 1.165) is 49.0 Å². The fraction of sp³-hybridized carbons (Fsp3) is 0.500. The molecule has 34 heavy (non-hydrogen) atoms. The van der Waals surface area contributed by atoms with Gasteiger partial charge in [0.15, 0.2) is 5.75 Å². The molecule has 1 N–H and O–H groups in total. The highest BCUT2D eigenvalue weighted by Gasteiger charge is 2.49. The van der Waals surface area contributed by atoms with Gasteiger partial charge in [-0.25, -0.2) is 9.37 Å². The maximum atomic E-state index is 14.7. The van der Waals surface area contributed by atoms with E-state index in [9.17, 15) is 4.39 Å². The van der Waals surface area contributed by atoms with Crippen LogP contribution in [0.5, 0.6) is 11.6 Å². The molecule has 0 unspecified atom stereocenters. The third kappa shape index (κ3) is 3.99. The fourth-order valence-electron chi connectivity index (χ4n) is 5.44. The van der Waals surface area contributed by atoms with E-state index < -0.39 is 0 Å². The number of halogens is 1. The first-order chi connectivity index (χ1) is 16.5. The fourth-order valence-corrected chi connectivity index (χ4v) is 5.44. The maximum Gasteiger partial charge on any atom is 0.257 e. The van der Waals surface area contributed by atoms with Crippen LogP contribution in [-0.2, 0) is 17.7 Å². The van der Waals surface area contributed by atoms with Crippen molar-refractivity contribution < 1.29 is 18.6 Å². The van der Waals surface area contributed by atoms with Crippen molar-refractivity contribution in [1.29, 1.82) is 0 Å². The van der Waals surface area contributed by atoms with Crippen molar-refractivity contribution in [2.45, 2.75) is 63.1 Å².